The van der Waals surface area contributed by atoms with Crippen LogP contribution in [0.25, 0.3) is 0 Å². The van der Waals surface area contributed by atoms with Gasteiger partial charge in [-0.3, -0.25) is 20.2 Å². The van der Waals surface area contributed by atoms with Crippen LogP contribution in [0.4, 0.5) is 10.1 Å². The van der Waals surface area contributed by atoms with E-state index in [4.69, 9.17) is 0 Å². The first-order valence-corrected chi connectivity index (χ1v) is 9.65. The number of fused-ring (bicyclic) bond motifs is 2. The van der Waals surface area contributed by atoms with Crippen LogP contribution < -0.4 is 10.6 Å². The van der Waals surface area contributed by atoms with Crippen molar-refractivity contribution < 1.29 is 14.1 Å². The molecule has 2 N–H and O–H groups in total. The number of amides is 1. The number of hydrogen-bond acceptors (Lipinski definition) is 4. The summed E-state index contributed by atoms with van der Waals surface area (Å²) in [4.78, 5) is 25.4. The molecule has 7 heteroatoms. The largest absolute Gasteiger partial charge is 0.324 e. The molecule has 2 heterocycles. The number of carbonyl (C=O) groups is 1. The van der Waals surface area contributed by atoms with Crippen LogP contribution in [0.1, 0.15) is 28.7 Å². The smallest absolute Gasteiger partial charge is 0.250 e. The summed E-state index contributed by atoms with van der Waals surface area (Å²) in [5.74, 6) is -1.75. The van der Waals surface area contributed by atoms with E-state index in [-0.39, 0.29) is 4.92 Å². The van der Waals surface area contributed by atoms with E-state index in [2.05, 4.69) is 10.6 Å². The predicted octanol–water partition coefficient (Wildman–Crippen LogP) is 3.75. The fourth-order valence-corrected chi connectivity index (χ4v) is 4.91. The number of hydrogen-bond donors (Lipinski definition) is 2. The maximum absolute atomic E-state index is 14.2. The molecule has 1 spiro atoms. The van der Waals surface area contributed by atoms with Crippen LogP contribution in [0.3, 0.4) is 0 Å². The molecule has 5 rings (SSSR count). The van der Waals surface area contributed by atoms with E-state index in [1.807, 2.05) is 12.1 Å². The highest BCUT2D eigenvalue weighted by Gasteiger charge is 2.66. The van der Waals surface area contributed by atoms with Crippen molar-refractivity contribution in [2.24, 2.45) is 0 Å². The van der Waals surface area contributed by atoms with Gasteiger partial charge in [-0.15, -0.1) is 0 Å². The second-order valence-corrected chi connectivity index (χ2v) is 7.65. The van der Waals surface area contributed by atoms with Crippen molar-refractivity contribution >= 4 is 11.6 Å². The van der Waals surface area contributed by atoms with Gasteiger partial charge in [-0.25, -0.2) is 4.39 Å². The number of carbonyl (C=O) groups excluding carboxylic acids is 1. The number of anilines is 1. The molecule has 6 nitrogen and oxygen atoms in total. The molecule has 0 bridgehead atoms. The van der Waals surface area contributed by atoms with Crippen LogP contribution in [-0.4, -0.2) is 16.9 Å². The third kappa shape index (κ3) is 2.55. The fraction of sp³-hybridized carbons (Fsp3) is 0.174. The first-order chi connectivity index (χ1) is 14.5. The molecule has 0 aliphatic carbocycles. The number of benzene rings is 3. The monoisotopic (exact) mass is 403 g/mol. The maximum Gasteiger partial charge on any atom is 0.250 e. The molecule has 2 aliphatic rings. The Kier molecular flexibility index (Phi) is 4.15. The molecular weight excluding hydrogens is 385 g/mol. The molecule has 1 amide bonds. The van der Waals surface area contributed by atoms with Gasteiger partial charge in [0, 0.05) is 16.2 Å². The van der Waals surface area contributed by atoms with E-state index in [0.29, 0.717) is 22.4 Å². The standard InChI is InChI=1S/C23H18FN3O3/c24-16-11-12-18-17(13-16)23(22(28)25-18)19(14-7-3-1-4-8-14)21(27(29)30)20(26-23)15-9-5-2-6-10-15/h1-13,19-21,26H,(H,25,28)/t19-,20-,21+,23-/m0/s1. The summed E-state index contributed by atoms with van der Waals surface area (Å²) < 4.78 is 14.2. The van der Waals surface area contributed by atoms with Crippen LogP contribution >= 0.6 is 0 Å². The SMILES string of the molecule is O=C1Nc2ccc(F)cc2[C@@]12N[C@@H](c1ccccc1)[C@H]([N+](=O)[O-])[C@@H]2c1ccccc1. The second kappa shape index (κ2) is 6.74. The second-order valence-electron chi connectivity index (χ2n) is 7.65. The van der Waals surface area contributed by atoms with Crippen LogP contribution in [0.5, 0.6) is 0 Å². The van der Waals surface area contributed by atoms with Crippen molar-refractivity contribution in [1.82, 2.24) is 5.32 Å². The highest BCUT2D eigenvalue weighted by Crippen LogP contribution is 2.55. The molecule has 4 atom stereocenters. The summed E-state index contributed by atoms with van der Waals surface area (Å²) >= 11 is 0. The zero-order valence-corrected chi connectivity index (χ0v) is 15.8. The molecule has 0 aromatic heterocycles. The number of rotatable bonds is 3. The van der Waals surface area contributed by atoms with Crippen LogP contribution in [0.2, 0.25) is 0 Å². The van der Waals surface area contributed by atoms with Crippen molar-refractivity contribution in [3.8, 4) is 0 Å². The minimum absolute atomic E-state index is 0.332. The minimum Gasteiger partial charge on any atom is -0.324 e. The molecule has 0 radical (unpaired) electrons. The average molecular weight is 403 g/mol. The molecule has 150 valence electrons. The highest BCUT2D eigenvalue weighted by atomic mass is 19.1. The molecule has 30 heavy (non-hydrogen) atoms. The zero-order chi connectivity index (χ0) is 20.9. The molecule has 1 saturated heterocycles. The van der Waals surface area contributed by atoms with Crippen molar-refractivity contribution in [3.63, 3.8) is 0 Å². The molecular formula is C23H18FN3O3. The third-order valence-electron chi connectivity index (χ3n) is 6.11. The first-order valence-electron chi connectivity index (χ1n) is 9.65. The lowest BCUT2D eigenvalue weighted by atomic mass is 9.74. The molecule has 0 saturated carbocycles. The number of nitrogens with one attached hydrogen (secondary N) is 2. The van der Waals surface area contributed by atoms with E-state index in [9.17, 15) is 19.3 Å². The summed E-state index contributed by atoms with van der Waals surface area (Å²) in [6.07, 6.45) is 0. The minimum atomic E-state index is -1.46. The summed E-state index contributed by atoms with van der Waals surface area (Å²) in [7, 11) is 0. The van der Waals surface area contributed by atoms with Gasteiger partial charge in [0.05, 0.1) is 5.92 Å². The van der Waals surface area contributed by atoms with E-state index < -0.39 is 35.3 Å². The van der Waals surface area contributed by atoms with Crippen molar-refractivity contribution in [2.45, 2.75) is 23.5 Å². The van der Waals surface area contributed by atoms with Gasteiger partial charge in [0.25, 0.3) is 0 Å². The molecule has 3 aromatic rings. The Hall–Kier alpha value is -3.58. The van der Waals surface area contributed by atoms with Crippen molar-refractivity contribution in [2.75, 3.05) is 5.32 Å². The lowest BCUT2D eigenvalue weighted by Gasteiger charge is -2.29. The highest BCUT2D eigenvalue weighted by molar-refractivity contribution is 6.07. The van der Waals surface area contributed by atoms with E-state index in [1.54, 1.807) is 48.5 Å². The lowest BCUT2D eigenvalue weighted by Crippen LogP contribution is -2.48. The van der Waals surface area contributed by atoms with Crippen LogP contribution in [0, 0.1) is 15.9 Å². The van der Waals surface area contributed by atoms with Gasteiger partial charge < -0.3 is 5.32 Å². The first kappa shape index (κ1) is 18.4. The van der Waals surface area contributed by atoms with Gasteiger partial charge in [0.2, 0.25) is 11.9 Å². The quantitative estimate of drug-likeness (QED) is 0.515. The van der Waals surface area contributed by atoms with Gasteiger partial charge in [-0.05, 0) is 29.3 Å². The fourth-order valence-electron chi connectivity index (χ4n) is 4.91. The van der Waals surface area contributed by atoms with Crippen LogP contribution in [0.15, 0.2) is 78.9 Å². The van der Waals surface area contributed by atoms with Crippen molar-refractivity contribution in [3.05, 3.63) is 111 Å². The predicted molar refractivity (Wildman–Crippen MR) is 109 cm³/mol. The normalized spacial score (nSPS) is 27.1. The summed E-state index contributed by atoms with van der Waals surface area (Å²) in [6, 6.07) is 20.2. The number of halogens is 1. The zero-order valence-electron chi connectivity index (χ0n) is 15.8. The molecule has 3 aromatic carbocycles. The van der Waals surface area contributed by atoms with E-state index in [0.717, 1.165) is 0 Å². The third-order valence-corrected chi connectivity index (χ3v) is 6.11. The van der Waals surface area contributed by atoms with Crippen LogP contribution in [-0.2, 0) is 10.3 Å². The Labute approximate surface area is 171 Å². The topological polar surface area (TPSA) is 84.3 Å². The van der Waals surface area contributed by atoms with Gasteiger partial charge in [-0.1, -0.05) is 60.7 Å². The molecule has 0 unspecified atom stereocenters. The lowest BCUT2D eigenvalue weighted by molar-refractivity contribution is -0.527. The van der Waals surface area contributed by atoms with Gasteiger partial charge in [-0.2, -0.15) is 0 Å². The number of nitrogens with zero attached hydrogens (tertiary/aromatic N) is 1. The number of nitro groups is 1. The van der Waals surface area contributed by atoms with Gasteiger partial charge in [0.1, 0.15) is 17.4 Å². The Morgan fingerprint density at radius 3 is 2.20 bits per heavy atom. The summed E-state index contributed by atoms with van der Waals surface area (Å²) in [5, 5.41) is 18.4. The van der Waals surface area contributed by atoms with E-state index >= 15 is 0 Å². The Balaban J connectivity index is 1.79. The summed E-state index contributed by atoms with van der Waals surface area (Å²) in [6.45, 7) is 0. The molecule has 2 aliphatic heterocycles. The van der Waals surface area contributed by atoms with Crippen molar-refractivity contribution in [1.29, 1.82) is 0 Å². The van der Waals surface area contributed by atoms with Gasteiger partial charge in [0.15, 0.2) is 0 Å². The average Bonchev–Trinajstić information content (AvgIpc) is 3.26. The van der Waals surface area contributed by atoms with Gasteiger partial charge >= 0.3 is 0 Å². The maximum atomic E-state index is 14.2. The van der Waals surface area contributed by atoms with E-state index in [1.165, 1.54) is 18.2 Å². The molecule has 1 fully saturated rings. The summed E-state index contributed by atoms with van der Waals surface area (Å²) in [5.41, 5.74) is 0.751. The Morgan fingerprint density at radius 2 is 1.57 bits per heavy atom. The Morgan fingerprint density at radius 1 is 0.933 bits per heavy atom. The Bertz CT molecular complexity index is 1140.